The van der Waals surface area contributed by atoms with E-state index in [1.54, 1.807) is 0 Å². The number of likely N-dealkylation sites (tertiary alicyclic amines) is 1. The van der Waals surface area contributed by atoms with Crippen LogP contribution in [0.3, 0.4) is 0 Å². The number of hydrogen-bond donors (Lipinski definition) is 1. The summed E-state index contributed by atoms with van der Waals surface area (Å²) in [5.41, 5.74) is 6.35. The number of hydrogen-bond acceptors (Lipinski definition) is 3. The summed E-state index contributed by atoms with van der Waals surface area (Å²) in [4.78, 5) is 16.3. The van der Waals surface area contributed by atoms with Gasteiger partial charge < -0.3 is 10.6 Å². The molecule has 1 amide bonds. The van der Waals surface area contributed by atoms with Crippen LogP contribution >= 0.6 is 24.2 Å². The van der Waals surface area contributed by atoms with E-state index in [4.69, 9.17) is 5.73 Å². The maximum atomic E-state index is 12.9. The highest BCUT2D eigenvalue weighted by atomic mass is 35.5. The molecule has 5 unspecified atom stereocenters. The number of halogens is 1. The lowest BCUT2D eigenvalue weighted by molar-refractivity contribution is -0.136. The van der Waals surface area contributed by atoms with Crippen LogP contribution in [0.4, 0.5) is 0 Å². The largest absolute Gasteiger partial charge is 0.342 e. The molecule has 1 aromatic carbocycles. The molecule has 1 heterocycles. The monoisotopic (exact) mass is 366 g/mol. The predicted molar refractivity (Wildman–Crippen MR) is 101 cm³/mol. The Morgan fingerprint density at radius 3 is 2.62 bits per heavy atom. The normalized spacial score (nSPS) is 34.4. The summed E-state index contributed by atoms with van der Waals surface area (Å²) in [7, 11) is 0. The van der Waals surface area contributed by atoms with Gasteiger partial charge in [-0.05, 0) is 55.6 Å². The number of rotatable bonds is 4. The average Bonchev–Trinajstić information content (AvgIpc) is 3.29. The van der Waals surface area contributed by atoms with E-state index < -0.39 is 0 Å². The Kier molecular flexibility index (Phi) is 5.78. The fraction of sp³-hybridized carbons (Fsp3) is 0.632. The van der Waals surface area contributed by atoms with Crippen LogP contribution in [0.2, 0.25) is 0 Å². The van der Waals surface area contributed by atoms with E-state index in [0.717, 1.165) is 25.3 Å². The van der Waals surface area contributed by atoms with Crippen LogP contribution in [-0.4, -0.2) is 35.7 Å². The summed E-state index contributed by atoms with van der Waals surface area (Å²) in [6.45, 7) is 1.86. The number of thioether (sulfide) groups is 1. The molecular formula is C19H27ClN2OS. The number of benzene rings is 1. The van der Waals surface area contributed by atoms with Gasteiger partial charge in [0, 0.05) is 29.8 Å². The van der Waals surface area contributed by atoms with Crippen LogP contribution in [0.1, 0.15) is 25.7 Å². The van der Waals surface area contributed by atoms with Crippen molar-refractivity contribution in [2.75, 3.05) is 18.8 Å². The summed E-state index contributed by atoms with van der Waals surface area (Å²) in [5.74, 6) is 3.39. The molecule has 5 atom stereocenters. The third-order valence-electron chi connectivity index (χ3n) is 6.09. The van der Waals surface area contributed by atoms with Gasteiger partial charge in [-0.25, -0.2) is 0 Å². The topological polar surface area (TPSA) is 46.3 Å². The molecule has 1 saturated heterocycles. The zero-order valence-corrected chi connectivity index (χ0v) is 15.6. The molecule has 0 spiro atoms. The van der Waals surface area contributed by atoms with Gasteiger partial charge in [0.25, 0.3) is 0 Å². The molecular weight excluding hydrogens is 340 g/mol. The van der Waals surface area contributed by atoms with Crippen molar-refractivity contribution >= 4 is 30.1 Å². The highest BCUT2D eigenvalue weighted by Crippen LogP contribution is 2.48. The Labute approximate surface area is 155 Å². The van der Waals surface area contributed by atoms with Gasteiger partial charge in [-0.2, -0.15) is 0 Å². The maximum Gasteiger partial charge on any atom is 0.227 e. The summed E-state index contributed by atoms with van der Waals surface area (Å²) < 4.78 is 0. The lowest BCUT2D eigenvalue weighted by Crippen LogP contribution is -2.46. The van der Waals surface area contributed by atoms with Crippen molar-refractivity contribution in [3.05, 3.63) is 30.3 Å². The van der Waals surface area contributed by atoms with E-state index in [1.165, 1.54) is 24.2 Å². The van der Waals surface area contributed by atoms with Gasteiger partial charge in [0.1, 0.15) is 0 Å². The van der Waals surface area contributed by atoms with Crippen LogP contribution in [0.15, 0.2) is 35.2 Å². The summed E-state index contributed by atoms with van der Waals surface area (Å²) in [6.07, 6.45) is 4.79. The predicted octanol–water partition coefficient (Wildman–Crippen LogP) is 3.42. The van der Waals surface area contributed by atoms with Crippen molar-refractivity contribution in [3.63, 3.8) is 0 Å². The Hall–Kier alpha value is -0.710. The Bertz CT molecular complexity index is 568. The molecule has 0 aromatic heterocycles. The Morgan fingerprint density at radius 2 is 1.92 bits per heavy atom. The van der Waals surface area contributed by atoms with Crippen molar-refractivity contribution in [1.29, 1.82) is 0 Å². The van der Waals surface area contributed by atoms with Gasteiger partial charge in [0.05, 0.1) is 5.92 Å². The van der Waals surface area contributed by atoms with Crippen LogP contribution in [0.5, 0.6) is 0 Å². The molecule has 132 valence electrons. The van der Waals surface area contributed by atoms with E-state index >= 15 is 0 Å². The van der Waals surface area contributed by atoms with Crippen molar-refractivity contribution in [2.45, 2.75) is 36.6 Å². The third-order valence-corrected chi connectivity index (χ3v) is 7.34. The lowest BCUT2D eigenvalue weighted by atomic mass is 9.84. The van der Waals surface area contributed by atoms with Crippen molar-refractivity contribution in [1.82, 2.24) is 4.90 Å². The molecule has 3 aliphatic rings. The zero-order chi connectivity index (χ0) is 15.8. The number of nitrogens with zero attached hydrogens (tertiary/aromatic N) is 1. The smallest absolute Gasteiger partial charge is 0.227 e. The first-order valence-electron chi connectivity index (χ1n) is 8.94. The van der Waals surface area contributed by atoms with Crippen LogP contribution in [0.25, 0.3) is 0 Å². The lowest BCUT2D eigenvalue weighted by Gasteiger charge is -2.30. The molecule has 2 bridgehead atoms. The third kappa shape index (κ3) is 3.47. The Balaban J connectivity index is 0.00000169. The fourth-order valence-corrected chi connectivity index (χ4v) is 5.86. The van der Waals surface area contributed by atoms with Crippen molar-refractivity contribution < 1.29 is 4.79 Å². The van der Waals surface area contributed by atoms with E-state index in [0.29, 0.717) is 23.7 Å². The molecule has 2 N–H and O–H groups in total. The Morgan fingerprint density at radius 1 is 1.17 bits per heavy atom. The highest BCUT2D eigenvalue weighted by molar-refractivity contribution is 7.99. The number of fused-ring (bicyclic) bond motifs is 2. The van der Waals surface area contributed by atoms with Crippen LogP contribution < -0.4 is 5.73 Å². The molecule has 0 radical (unpaired) electrons. The summed E-state index contributed by atoms with van der Waals surface area (Å²) in [5, 5.41) is 0. The zero-order valence-electron chi connectivity index (χ0n) is 14.0. The quantitative estimate of drug-likeness (QED) is 0.830. The molecule has 4 rings (SSSR count). The molecule has 3 fully saturated rings. The number of carbonyl (C=O) groups excluding carboxylic acids is 1. The first kappa shape index (κ1) is 18.1. The van der Waals surface area contributed by atoms with Gasteiger partial charge in [-0.3, -0.25) is 4.79 Å². The second-order valence-electron chi connectivity index (χ2n) is 7.50. The maximum absolute atomic E-state index is 12.9. The molecule has 5 heteroatoms. The van der Waals surface area contributed by atoms with Crippen LogP contribution in [-0.2, 0) is 4.79 Å². The molecule has 24 heavy (non-hydrogen) atoms. The minimum Gasteiger partial charge on any atom is -0.342 e. The highest BCUT2D eigenvalue weighted by Gasteiger charge is 2.50. The molecule has 3 nitrogen and oxygen atoms in total. The molecule has 2 saturated carbocycles. The van der Waals surface area contributed by atoms with Crippen molar-refractivity contribution in [3.8, 4) is 0 Å². The summed E-state index contributed by atoms with van der Waals surface area (Å²) >= 11 is 1.91. The van der Waals surface area contributed by atoms with Gasteiger partial charge >= 0.3 is 0 Å². The SMILES string of the molecule is Cl.NC1C2CCC(C2)C1C(=O)N1CCC(CSc2ccccc2)C1. The molecule has 1 aromatic rings. The van der Waals surface area contributed by atoms with E-state index in [2.05, 4.69) is 35.2 Å². The minimum absolute atomic E-state index is 0. The fourth-order valence-electron chi connectivity index (χ4n) is 4.81. The van der Waals surface area contributed by atoms with Gasteiger partial charge in [0.2, 0.25) is 5.91 Å². The second kappa shape index (κ2) is 7.67. The average molecular weight is 367 g/mol. The second-order valence-corrected chi connectivity index (χ2v) is 8.59. The number of nitrogens with two attached hydrogens (primary N) is 1. The number of amides is 1. The minimum atomic E-state index is 0. The van der Waals surface area contributed by atoms with Gasteiger partial charge in [-0.15, -0.1) is 24.2 Å². The van der Waals surface area contributed by atoms with E-state index in [1.807, 2.05) is 11.8 Å². The first-order chi connectivity index (χ1) is 11.2. The molecule has 2 aliphatic carbocycles. The first-order valence-corrected chi connectivity index (χ1v) is 9.93. The summed E-state index contributed by atoms with van der Waals surface area (Å²) in [6, 6.07) is 10.7. The van der Waals surface area contributed by atoms with Gasteiger partial charge in [-0.1, -0.05) is 18.2 Å². The van der Waals surface area contributed by atoms with Crippen LogP contribution in [0, 0.1) is 23.7 Å². The van der Waals surface area contributed by atoms with E-state index in [-0.39, 0.29) is 24.4 Å². The number of carbonyl (C=O) groups is 1. The standard InChI is InChI=1S/C19H26N2OS.ClH/c20-18-15-7-6-14(10-15)17(18)19(22)21-9-8-13(11-21)12-23-16-4-2-1-3-5-16;/h1-5,13-15,17-18H,6-12,20H2;1H. The molecule has 1 aliphatic heterocycles. The van der Waals surface area contributed by atoms with Crippen molar-refractivity contribution in [2.24, 2.45) is 29.4 Å². The van der Waals surface area contributed by atoms with Gasteiger partial charge in [0.15, 0.2) is 0 Å². The van der Waals surface area contributed by atoms with E-state index in [9.17, 15) is 4.79 Å².